The molecule has 0 atom stereocenters. The lowest BCUT2D eigenvalue weighted by molar-refractivity contribution is 0.414. The Kier molecular flexibility index (Phi) is 6.84. The maximum absolute atomic E-state index is 9.03. The summed E-state index contributed by atoms with van der Waals surface area (Å²) in [4.78, 5) is 0. The minimum absolute atomic E-state index is 0.308. The highest BCUT2D eigenvalue weighted by Gasteiger charge is 1.92. The highest BCUT2D eigenvalue weighted by molar-refractivity contribution is 5.41. The van der Waals surface area contributed by atoms with Crippen LogP contribution in [0.25, 0.3) is 0 Å². The first kappa shape index (κ1) is 13.3. The van der Waals surface area contributed by atoms with E-state index in [1.165, 1.54) is 0 Å². The van der Waals surface area contributed by atoms with Gasteiger partial charge in [0, 0.05) is 0 Å². The van der Waals surface area contributed by atoms with Gasteiger partial charge < -0.3 is 5.11 Å². The van der Waals surface area contributed by atoms with Crippen LogP contribution in [0.2, 0.25) is 0 Å². The number of aliphatic hydroxyl groups excluding tert-OH is 1. The second-order valence-electron chi connectivity index (χ2n) is 3.13. The quantitative estimate of drug-likeness (QED) is 0.418. The summed E-state index contributed by atoms with van der Waals surface area (Å²) < 4.78 is 0. The molecule has 0 heterocycles. The minimum Gasteiger partial charge on any atom is -0.513 e. The van der Waals surface area contributed by atoms with E-state index in [2.05, 4.69) is 11.8 Å². The SMILES string of the molecule is CC#C\C=C/C(=C\C)C(/C)=C\C=C(/C)O. The van der Waals surface area contributed by atoms with Gasteiger partial charge in [-0.25, -0.2) is 0 Å². The molecule has 0 spiro atoms. The molecular formula is C14H18O. The van der Waals surface area contributed by atoms with Crippen molar-refractivity contribution in [3.8, 4) is 11.8 Å². The fourth-order valence-electron chi connectivity index (χ4n) is 1.01. The molecule has 0 aliphatic heterocycles. The Labute approximate surface area is 92.5 Å². The van der Waals surface area contributed by atoms with Crippen LogP contribution < -0.4 is 0 Å². The van der Waals surface area contributed by atoms with Gasteiger partial charge in [0.1, 0.15) is 0 Å². The van der Waals surface area contributed by atoms with E-state index in [-0.39, 0.29) is 0 Å². The highest BCUT2D eigenvalue weighted by Crippen LogP contribution is 2.11. The van der Waals surface area contributed by atoms with Gasteiger partial charge in [-0.05, 0) is 57.1 Å². The lowest BCUT2D eigenvalue weighted by atomic mass is 10.1. The van der Waals surface area contributed by atoms with E-state index in [4.69, 9.17) is 5.11 Å². The van der Waals surface area contributed by atoms with E-state index in [1.807, 2.05) is 38.2 Å². The first-order chi connectivity index (χ1) is 7.11. The van der Waals surface area contributed by atoms with Crippen LogP contribution in [0.15, 0.2) is 47.3 Å². The Balaban J connectivity index is 4.76. The molecule has 80 valence electrons. The molecule has 0 aromatic heterocycles. The molecule has 15 heavy (non-hydrogen) atoms. The van der Waals surface area contributed by atoms with Crippen molar-refractivity contribution in [2.24, 2.45) is 0 Å². The molecule has 0 aromatic rings. The molecule has 0 saturated carbocycles. The maximum atomic E-state index is 9.03. The molecular weight excluding hydrogens is 184 g/mol. The summed E-state index contributed by atoms with van der Waals surface area (Å²) in [6, 6.07) is 0. The predicted octanol–water partition coefficient (Wildman–Crippen LogP) is 3.92. The summed E-state index contributed by atoms with van der Waals surface area (Å²) in [5, 5.41) is 9.03. The third-order valence-corrected chi connectivity index (χ3v) is 1.83. The molecule has 0 radical (unpaired) electrons. The third-order valence-electron chi connectivity index (χ3n) is 1.83. The van der Waals surface area contributed by atoms with E-state index in [0.29, 0.717) is 5.76 Å². The zero-order valence-corrected chi connectivity index (χ0v) is 9.83. The standard InChI is InChI=1S/C14H18O/c1-5-7-8-9-14(6-2)12(3)10-11-13(4)15/h6,8-11,15H,1-4H3/b9-8-,12-10-,13-11+,14-6+. The second-order valence-corrected chi connectivity index (χ2v) is 3.13. The molecule has 1 nitrogen and oxygen atoms in total. The Morgan fingerprint density at radius 2 is 1.87 bits per heavy atom. The molecule has 0 aliphatic rings. The van der Waals surface area contributed by atoms with E-state index in [1.54, 1.807) is 19.9 Å². The summed E-state index contributed by atoms with van der Waals surface area (Å²) in [5.74, 6) is 5.98. The van der Waals surface area contributed by atoms with E-state index >= 15 is 0 Å². The van der Waals surface area contributed by atoms with Gasteiger partial charge in [0.25, 0.3) is 0 Å². The van der Waals surface area contributed by atoms with Gasteiger partial charge in [0.05, 0.1) is 5.76 Å². The molecule has 0 saturated heterocycles. The molecule has 0 aromatic carbocycles. The second kappa shape index (κ2) is 7.70. The average Bonchev–Trinajstić information content (AvgIpc) is 2.21. The Morgan fingerprint density at radius 3 is 2.33 bits per heavy atom. The summed E-state index contributed by atoms with van der Waals surface area (Å²) >= 11 is 0. The molecule has 1 N–H and O–H groups in total. The summed E-state index contributed by atoms with van der Waals surface area (Å²) in [6.07, 6.45) is 9.36. The van der Waals surface area contributed by atoms with E-state index in [0.717, 1.165) is 11.1 Å². The summed E-state index contributed by atoms with van der Waals surface area (Å²) in [6.45, 7) is 7.43. The Hall–Kier alpha value is -1.68. The fourth-order valence-corrected chi connectivity index (χ4v) is 1.01. The van der Waals surface area contributed by atoms with E-state index in [9.17, 15) is 0 Å². The van der Waals surface area contributed by atoms with Crippen LogP contribution in [0.5, 0.6) is 0 Å². The van der Waals surface area contributed by atoms with Crippen LogP contribution in [0.3, 0.4) is 0 Å². The van der Waals surface area contributed by atoms with Crippen molar-refractivity contribution in [2.75, 3.05) is 0 Å². The first-order valence-corrected chi connectivity index (χ1v) is 4.91. The Morgan fingerprint density at radius 1 is 1.20 bits per heavy atom. The highest BCUT2D eigenvalue weighted by atomic mass is 16.3. The molecule has 0 unspecified atom stereocenters. The van der Waals surface area contributed by atoms with Crippen molar-refractivity contribution in [3.63, 3.8) is 0 Å². The molecule has 0 aliphatic carbocycles. The van der Waals surface area contributed by atoms with Crippen molar-refractivity contribution in [1.29, 1.82) is 0 Å². The zero-order chi connectivity index (χ0) is 11.7. The molecule has 0 rings (SSSR count). The number of aliphatic hydroxyl groups is 1. The molecule has 0 bridgehead atoms. The van der Waals surface area contributed by atoms with E-state index < -0.39 is 0 Å². The van der Waals surface area contributed by atoms with Crippen LogP contribution in [-0.2, 0) is 0 Å². The van der Waals surface area contributed by atoms with Crippen molar-refractivity contribution in [2.45, 2.75) is 27.7 Å². The summed E-state index contributed by atoms with van der Waals surface area (Å²) in [7, 11) is 0. The lowest BCUT2D eigenvalue weighted by Crippen LogP contribution is -1.80. The maximum Gasteiger partial charge on any atom is 0.0891 e. The van der Waals surface area contributed by atoms with Crippen LogP contribution in [0, 0.1) is 11.8 Å². The third kappa shape index (κ3) is 6.40. The largest absolute Gasteiger partial charge is 0.513 e. The molecule has 1 heteroatoms. The average molecular weight is 202 g/mol. The van der Waals surface area contributed by atoms with Crippen LogP contribution in [0.4, 0.5) is 0 Å². The van der Waals surface area contributed by atoms with Crippen LogP contribution in [0.1, 0.15) is 27.7 Å². The van der Waals surface area contributed by atoms with Gasteiger partial charge >= 0.3 is 0 Å². The van der Waals surface area contributed by atoms with Crippen molar-refractivity contribution in [3.05, 3.63) is 47.3 Å². The minimum atomic E-state index is 0.308. The first-order valence-electron chi connectivity index (χ1n) is 4.91. The molecule has 0 fully saturated rings. The number of rotatable bonds is 3. The lowest BCUT2D eigenvalue weighted by Gasteiger charge is -1.99. The van der Waals surface area contributed by atoms with Gasteiger partial charge in [0.15, 0.2) is 0 Å². The van der Waals surface area contributed by atoms with Crippen molar-refractivity contribution in [1.82, 2.24) is 0 Å². The fraction of sp³-hybridized carbons (Fsp3) is 0.286. The summed E-state index contributed by atoms with van der Waals surface area (Å²) in [5.41, 5.74) is 2.20. The topological polar surface area (TPSA) is 20.2 Å². The van der Waals surface area contributed by atoms with Gasteiger partial charge in [0.2, 0.25) is 0 Å². The molecule has 0 amide bonds. The van der Waals surface area contributed by atoms with Crippen molar-refractivity contribution < 1.29 is 5.11 Å². The van der Waals surface area contributed by atoms with Gasteiger partial charge in [-0.2, -0.15) is 0 Å². The van der Waals surface area contributed by atoms with Gasteiger partial charge in [-0.1, -0.05) is 18.1 Å². The number of allylic oxidation sites excluding steroid dienone is 8. The normalized spacial score (nSPS) is 14.0. The monoisotopic (exact) mass is 202 g/mol. The van der Waals surface area contributed by atoms with Crippen molar-refractivity contribution >= 4 is 0 Å². The van der Waals surface area contributed by atoms with Gasteiger partial charge in [-0.3, -0.25) is 0 Å². The number of hydrogen-bond donors (Lipinski definition) is 1. The number of hydrogen-bond acceptors (Lipinski definition) is 1. The smallest absolute Gasteiger partial charge is 0.0891 e. The Bertz CT molecular complexity index is 364. The zero-order valence-electron chi connectivity index (χ0n) is 9.83. The van der Waals surface area contributed by atoms with Crippen LogP contribution >= 0.6 is 0 Å². The predicted molar refractivity (Wildman–Crippen MR) is 66.5 cm³/mol. The van der Waals surface area contributed by atoms with Gasteiger partial charge in [-0.15, -0.1) is 5.92 Å². The van der Waals surface area contributed by atoms with Crippen LogP contribution in [-0.4, -0.2) is 5.11 Å².